The summed E-state index contributed by atoms with van der Waals surface area (Å²) in [6.07, 6.45) is 0. The van der Waals surface area contributed by atoms with E-state index in [0.717, 1.165) is 13.2 Å². The van der Waals surface area contributed by atoms with Crippen molar-refractivity contribution in [2.45, 2.75) is 6.92 Å². The van der Waals surface area contributed by atoms with Crippen molar-refractivity contribution in [2.75, 3.05) is 27.3 Å². The molecule has 1 heterocycles. The second-order valence-corrected chi connectivity index (χ2v) is 2.65. The molecule has 0 fully saturated rings. The predicted molar refractivity (Wildman–Crippen MR) is 38.4 cm³/mol. The molecule has 1 aliphatic rings. The van der Waals surface area contributed by atoms with Gasteiger partial charge in [0.05, 0.1) is 6.67 Å². The van der Waals surface area contributed by atoms with Crippen molar-refractivity contribution >= 4 is 5.71 Å². The highest BCUT2D eigenvalue weighted by atomic mass is 15.5. The first-order chi connectivity index (χ1) is 4.18. The van der Waals surface area contributed by atoms with Crippen LogP contribution in [0.3, 0.4) is 0 Å². The monoisotopic (exact) mass is 127 g/mol. The standard InChI is InChI=1S/C6H13N3/c1-6-4-8(2)5-9(3)7-6/h4-5H2,1-3H3. The lowest BCUT2D eigenvalue weighted by Gasteiger charge is -2.27. The van der Waals surface area contributed by atoms with Gasteiger partial charge in [-0.2, -0.15) is 5.10 Å². The average molecular weight is 127 g/mol. The summed E-state index contributed by atoms with van der Waals surface area (Å²) in [4.78, 5) is 2.22. The lowest BCUT2D eigenvalue weighted by atomic mass is 10.4. The molecule has 0 aromatic carbocycles. The van der Waals surface area contributed by atoms with E-state index in [1.54, 1.807) is 0 Å². The third-order valence-electron chi connectivity index (χ3n) is 1.29. The molecule has 0 aliphatic carbocycles. The van der Waals surface area contributed by atoms with Crippen LogP contribution in [-0.2, 0) is 0 Å². The van der Waals surface area contributed by atoms with E-state index < -0.39 is 0 Å². The van der Waals surface area contributed by atoms with Crippen molar-refractivity contribution in [1.82, 2.24) is 9.91 Å². The molecule has 0 spiro atoms. The van der Waals surface area contributed by atoms with Crippen molar-refractivity contribution in [1.29, 1.82) is 0 Å². The molecule has 0 bridgehead atoms. The van der Waals surface area contributed by atoms with Gasteiger partial charge in [0.25, 0.3) is 0 Å². The van der Waals surface area contributed by atoms with Crippen LogP contribution < -0.4 is 0 Å². The Bertz CT molecular complexity index is 130. The molecule has 0 atom stereocenters. The van der Waals surface area contributed by atoms with E-state index in [-0.39, 0.29) is 0 Å². The highest BCUT2D eigenvalue weighted by molar-refractivity contribution is 5.83. The van der Waals surface area contributed by atoms with Crippen LogP contribution in [0, 0.1) is 0 Å². The van der Waals surface area contributed by atoms with Gasteiger partial charge >= 0.3 is 0 Å². The molecular weight excluding hydrogens is 114 g/mol. The second-order valence-electron chi connectivity index (χ2n) is 2.65. The van der Waals surface area contributed by atoms with E-state index in [1.165, 1.54) is 5.71 Å². The Kier molecular flexibility index (Phi) is 1.71. The van der Waals surface area contributed by atoms with E-state index in [4.69, 9.17) is 0 Å². The van der Waals surface area contributed by atoms with E-state index in [9.17, 15) is 0 Å². The first-order valence-corrected chi connectivity index (χ1v) is 3.12. The summed E-state index contributed by atoms with van der Waals surface area (Å²) in [5.41, 5.74) is 1.19. The Morgan fingerprint density at radius 2 is 2.11 bits per heavy atom. The number of hydrazone groups is 1. The lowest BCUT2D eigenvalue weighted by molar-refractivity contribution is 0.187. The molecule has 52 valence electrons. The SMILES string of the molecule is CC1=NN(C)CN(C)C1. The molecule has 0 unspecified atom stereocenters. The molecule has 3 heteroatoms. The molecule has 0 saturated heterocycles. The number of hydrogen-bond acceptors (Lipinski definition) is 3. The predicted octanol–water partition coefficient (Wildman–Crippen LogP) is 0.197. The van der Waals surface area contributed by atoms with Crippen molar-refractivity contribution in [2.24, 2.45) is 5.10 Å². The maximum atomic E-state index is 4.24. The van der Waals surface area contributed by atoms with Gasteiger partial charge in [0.2, 0.25) is 0 Å². The number of nitrogens with zero attached hydrogens (tertiary/aromatic N) is 3. The van der Waals surface area contributed by atoms with Gasteiger partial charge in [0.1, 0.15) is 0 Å². The minimum absolute atomic E-state index is 0.942. The summed E-state index contributed by atoms with van der Waals surface area (Å²) in [6, 6.07) is 0. The largest absolute Gasteiger partial charge is 0.286 e. The van der Waals surface area contributed by atoms with Crippen molar-refractivity contribution < 1.29 is 0 Å². The van der Waals surface area contributed by atoms with Crippen molar-refractivity contribution in [3.8, 4) is 0 Å². The fourth-order valence-electron chi connectivity index (χ4n) is 1.14. The molecular formula is C6H13N3. The Labute approximate surface area is 55.9 Å². The fraction of sp³-hybridized carbons (Fsp3) is 0.833. The summed E-state index contributed by atoms with van der Waals surface area (Å²) in [7, 11) is 4.08. The van der Waals surface area contributed by atoms with Crippen molar-refractivity contribution in [3.63, 3.8) is 0 Å². The molecule has 0 radical (unpaired) electrons. The molecule has 1 aliphatic heterocycles. The molecule has 3 nitrogen and oxygen atoms in total. The Morgan fingerprint density at radius 3 is 2.56 bits per heavy atom. The summed E-state index contributed by atoms with van der Waals surface area (Å²) in [6.45, 7) is 3.99. The molecule has 0 amide bonds. The van der Waals surface area contributed by atoms with Crippen LogP contribution in [0.25, 0.3) is 0 Å². The Hall–Kier alpha value is -0.570. The molecule has 0 aromatic heterocycles. The Morgan fingerprint density at radius 1 is 1.44 bits per heavy atom. The molecule has 0 N–H and O–H groups in total. The summed E-state index contributed by atoms with van der Waals surface area (Å²) in [5, 5.41) is 6.18. The normalized spacial score (nSPS) is 22.1. The van der Waals surface area contributed by atoms with E-state index >= 15 is 0 Å². The molecule has 0 saturated carbocycles. The number of hydrogen-bond donors (Lipinski definition) is 0. The van der Waals surface area contributed by atoms with E-state index in [2.05, 4.69) is 17.0 Å². The maximum Gasteiger partial charge on any atom is 0.0876 e. The first-order valence-electron chi connectivity index (χ1n) is 3.12. The zero-order valence-corrected chi connectivity index (χ0v) is 6.26. The minimum Gasteiger partial charge on any atom is -0.286 e. The lowest BCUT2D eigenvalue weighted by Crippen LogP contribution is -2.38. The zero-order chi connectivity index (χ0) is 6.85. The van der Waals surface area contributed by atoms with Gasteiger partial charge in [-0.3, -0.25) is 9.91 Å². The van der Waals surface area contributed by atoms with E-state index in [0.29, 0.717) is 0 Å². The smallest absolute Gasteiger partial charge is 0.0876 e. The summed E-state index contributed by atoms with van der Waals surface area (Å²) in [5.74, 6) is 0. The van der Waals surface area contributed by atoms with Gasteiger partial charge in [0.15, 0.2) is 0 Å². The van der Waals surface area contributed by atoms with Crippen LogP contribution >= 0.6 is 0 Å². The molecule has 0 aromatic rings. The second kappa shape index (κ2) is 2.35. The van der Waals surface area contributed by atoms with Crippen LogP contribution in [0.15, 0.2) is 5.10 Å². The average Bonchev–Trinajstić information content (AvgIpc) is 1.59. The number of rotatable bonds is 0. The quantitative estimate of drug-likeness (QED) is 0.463. The first kappa shape index (κ1) is 6.55. The molecule has 9 heavy (non-hydrogen) atoms. The van der Waals surface area contributed by atoms with Crippen LogP contribution in [0.1, 0.15) is 6.92 Å². The topological polar surface area (TPSA) is 18.8 Å². The van der Waals surface area contributed by atoms with Gasteiger partial charge in [-0.1, -0.05) is 0 Å². The highest BCUT2D eigenvalue weighted by Gasteiger charge is 2.08. The summed E-state index contributed by atoms with van der Waals surface area (Å²) < 4.78 is 0. The fourth-order valence-corrected chi connectivity index (χ4v) is 1.14. The van der Waals surface area contributed by atoms with Gasteiger partial charge in [-0.15, -0.1) is 0 Å². The summed E-state index contributed by atoms with van der Waals surface area (Å²) >= 11 is 0. The van der Waals surface area contributed by atoms with Crippen LogP contribution in [0.4, 0.5) is 0 Å². The van der Waals surface area contributed by atoms with Crippen LogP contribution in [0.2, 0.25) is 0 Å². The molecule has 1 rings (SSSR count). The van der Waals surface area contributed by atoms with Crippen LogP contribution in [-0.4, -0.2) is 42.9 Å². The maximum absolute atomic E-state index is 4.24. The third kappa shape index (κ3) is 1.68. The highest BCUT2D eigenvalue weighted by Crippen LogP contribution is 1.97. The van der Waals surface area contributed by atoms with Crippen molar-refractivity contribution in [3.05, 3.63) is 0 Å². The zero-order valence-electron chi connectivity index (χ0n) is 6.26. The minimum atomic E-state index is 0.942. The van der Waals surface area contributed by atoms with Gasteiger partial charge in [-0.25, -0.2) is 0 Å². The third-order valence-corrected chi connectivity index (χ3v) is 1.29. The van der Waals surface area contributed by atoms with Gasteiger partial charge in [-0.05, 0) is 14.0 Å². The Balaban J connectivity index is 2.56. The van der Waals surface area contributed by atoms with Gasteiger partial charge < -0.3 is 0 Å². The van der Waals surface area contributed by atoms with Crippen LogP contribution in [0.5, 0.6) is 0 Å². The van der Waals surface area contributed by atoms with Gasteiger partial charge in [0, 0.05) is 19.3 Å². The van der Waals surface area contributed by atoms with E-state index in [1.807, 2.05) is 19.0 Å².